The van der Waals surface area contributed by atoms with E-state index in [1.165, 1.54) is 7.11 Å². The first-order chi connectivity index (χ1) is 10.6. The molecule has 1 amide bonds. The molecule has 0 aliphatic rings. The van der Waals surface area contributed by atoms with Gasteiger partial charge >= 0.3 is 12.1 Å². The number of aliphatic hydroxyl groups excluding tert-OH is 1. The highest BCUT2D eigenvalue weighted by molar-refractivity contribution is 6.30. The van der Waals surface area contributed by atoms with Crippen LogP contribution in [0, 0.1) is 0 Å². The second-order valence-electron chi connectivity index (χ2n) is 6.05. The third-order valence-electron chi connectivity index (χ3n) is 2.89. The Bertz CT molecular complexity index is 538. The van der Waals surface area contributed by atoms with Gasteiger partial charge in [-0.3, -0.25) is 0 Å². The van der Waals surface area contributed by atoms with Gasteiger partial charge in [-0.1, -0.05) is 23.7 Å². The molecular weight excluding hydrogens is 322 g/mol. The Labute approximate surface area is 140 Å². The number of alkyl carbamates (subject to hydrolysis) is 1. The molecule has 0 aliphatic carbocycles. The highest BCUT2D eigenvalue weighted by atomic mass is 35.5. The maximum atomic E-state index is 11.9. The number of hydrogen-bond acceptors (Lipinski definition) is 5. The van der Waals surface area contributed by atoms with Gasteiger partial charge in [0.25, 0.3) is 0 Å². The topological polar surface area (TPSA) is 84.9 Å². The van der Waals surface area contributed by atoms with E-state index in [4.69, 9.17) is 16.3 Å². The molecule has 0 aromatic heterocycles. The number of amides is 1. The molecule has 7 heteroatoms. The molecular formula is C16H22ClNO5. The number of ether oxygens (including phenoxy) is 2. The minimum absolute atomic E-state index is 0.215. The van der Waals surface area contributed by atoms with Gasteiger partial charge < -0.3 is 19.9 Å². The number of halogens is 1. The zero-order valence-corrected chi connectivity index (χ0v) is 14.4. The van der Waals surface area contributed by atoms with Crippen molar-refractivity contribution < 1.29 is 24.2 Å². The van der Waals surface area contributed by atoms with Crippen LogP contribution in [0.25, 0.3) is 0 Å². The Hall–Kier alpha value is -1.79. The SMILES string of the molecule is COC(=O)[C@@H](O)[C@@H](Cc1ccc(Cl)cc1)NC(=O)OC(C)(C)C. The molecule has 23 heavy (non-hydrogen) atoms. The molecule has 2 N–H and O–H groups in total. The standard InChI is InChI=1S/C16H22ClNO5/c1-16(2,3)23-15(21)18-12(13(19)14(20)22-4)9-10-5-7-11(17)8-6-10/h5-8,12-13,19H,9H2,1-4H3,(H,18,21)/t12-,13+/m1/s1. The van der Waals surface area contributed by atoms with Crippen molar-refractivity contribution >= 4 is 23.7 Å². The van der Waals surface area contributed by atoms with Crippen LogP contribution in [0.2, 0.25) is 5.02 Å². The predicted molar refractivity (Wildman–Crippen MR) is 86.3 cm³/mol. The maximum Gasteiger partial charge on any atom is 0.407 e. The molecule has 0 fully saturated rings. The third-order valence-corrected chi connectivity index (χ3v) is 3.15. The summed E-state index contributed by atoms with van der Waals surface area (Å²) < 4.78 is 9.68. The lowest BCUT2D eigenvalue weighted by atomic mass is 10.0. The molecule has 0 radical (unpaired) electrons. The highest BCUT2D eigenvalue weighted by Crippen LogP contribution is 2.14. The van der Waals surface area contributed by atoms with Crippen molar-refractivity contribution in [2.75, 3.05) is 7.11 Å². The van der Waals surface area contributed by atoms with Gasteiger partial charge in [-0.2, -0.15) is 0 Å². The summed E-state index contributed by atoms with van der Waals surface area (Å²) in [6, 6.07) is 5.97. The van der Waals surface area contributed by atoms with E-state index < -0.39 is 29.8 Å². The van der Waals surface area contributed by atoms with Crippen molar-refractivity contribution in [3.63, 3.8) is 0 Å². The summed E-state index contributed by atoms with van der Waals surface area (Å²) in [5, 5.41) is 13.1. The number of benzene rings is 1. The van der Waals surface area contributed by atoms with E-state index in [1.807, 2.05) is 0 Å². The first-order valence-corrected chi connectivity index (χ1v) is 7.50. The molecule has 0 saturated heterocycles. The Morgan fingerprint density at radius 2 is 1.83 bits per heavy atom. The van der Waals surface area contributed by atoms with E-state index >= 15 is 0 Å². The fourth-order valence-corrected chi connectivity index (χ4v) is 1.99. The van der Waals surface area contributed by atoms with Crippen LogP contribution in [-0.4, -0.2) is 42.0 Å². The summed E-state index contributed by atoms with van der Waals surface area (Å²) in [4.78, 5) is 23.5. The van der Waals surface area contributed by atoms with Crippen LogP contribution in [0.15, 0.2) is 24.3 Å². The molecule has 0 aliphatic heterocycles. The first-order valence-electron chi connectivity index (χ1n) is 7.12. The normalized spacial score (nSPS) is 13.8. The molecule has 0 spiro atoms. The van der Waals surface area contributed by atoms with Crippen molar-refractivity contribution in [2.24, 2.45) is 0 Å². The fraction of sp³-hybridized carbons (Fsp3) is 0.500. The molecule has 0 saturated carbocycles. The summed E-state index contributed by atoms with van der Waals surface area (Å²) in [6.45, 7) is 5.16. The molecule has 0 bridgehead atoms. The smallest absolute Gasteiger partial charge is 0.407 e. The van der Waals surface area contributed by atoms with Crippen LogP contribution in [0.4, 0.5) is 4.79 Å². The van der Waals surface area contributed by atoms with E-state index in [9.17, 15) is 14.7 Å². The average molecular weight is 344 g/mol. The monoisotopic (exact) mass is 343 g/mol. The highest BCUT2D eigenvalue weighted by Gasteiger charge is 2.30. The number of carbonyl (C=O) groups excluding carboxylic acids is 2. The van der Waals surface area contributed by atoms with Crippen LogP contribution in [-0.2, 0) is 20.7 Å². The van der Waals surface area contributed by atoms with Crippen molar-refractivity contribution in [1.82, 2.24) is 5.32 Å². The third kappa shape index (κ3) is 6.88. The van der Waals surface area contributed by atoms with E-state index in [-0.39, 0.29) is 6.42 Å². The lowest BCUT2D eigenvalue weighted by Gasteiger charge is -2.25. The van der Waals surface area contributed by atoms with Crippen molar-refractivity contribution in [3.05, 3.63) is 34.9 Å². The predicted octanol–water partition coefficient (Wildman–Crippen LogP) is 2.31. The van der Waals surface area contributed by atoms with Crippen LogP contribution >= 0.6 is 11.6 Å². The van der Waals surface area contributed by atoms with Crippen molar-refractivity contribution in [3.8, 4) is 0 Å². The second kappa shape index (κ2) is 8.17. The lowest BCUT2D eigenvalue weighted by Crippen LogP contribution is -2.49. The van der Waals surface area contributed by atoms with Gasteiger partial charge in [0, 0.05) is 5.02 Å². The molecule has 1 rings (SSSR count). The van der Waals surface area contributed by atoms with Gasteiger partial charge in [0.15, 0.2) is 6.10 Å². The first kappa shape index (κ1) is 19.3. The molecule has 6 nitrogen and oxygen atoms in total. The Kier molecular flexibility index (Phi) is 6.84. The molecule has 128 valence electrons. The zero-order chi connectivity index (χ0) is 17.6. The van der Waals surface area contributed by atoms with E-state index in [0.29, 0.717) is 5.02 Å². The summed E-state index contributed by atoms with van der Waals surface area (Å²) in [6.07, 6.45) is -2.02. The average Bonchev–Trinajstić information content (AvgIpc) is 2.45. The van der Waals surface area contributed by atoms with E-state index in [2.05, 4.69) is 10.1 Å². The van der Waals surface area contributed by atoms with Gasteiger partial charge in [0.05, 0.1) is 13.2 Å². The number of hydrogen-bond donors (Lipinski definition) is 2. The number of carbonyl (C=O) groups is 2. The number of nitrogens with one attached hydrogen (secondary N) is 1. The summed E-state index contributed by atoms with van der Waals surface area (Å²) in [7, 11) is 1.17. The van der Waals surface area contributed by atoms with Crippen LogP contribution in [0.1, 0.15) is 26.3 Å². The van der Waals surface area contributed by atoms with Gasteiger partial charge in [0.1, 0.15) is 5.60 Å². The lowest BCUT2D eigenvalue weighted by molar-refractivity contribution is -0.151. The summed E-state index contributed by atoms with van der Waals surface area (Å²) in [5.74, 6) is -0.833. The number of methoxy groups -OCH3 is 1. The van der Waals surface area contributed by atoms with Crippen molar-refractivity contribution in [1.29, 1.82) is 0 Å². The minimum Gasteiger partial charge on any atom is -0.467 e. The van der Waals surface area contributed by atoms with Crippen molar-refractivity contribution in [2.45, 2.75) is 44.9 Å². The van der Waals surface area contributed by atoms with Crippen LogP contribution in [0.5, 0.6) is 0 Å². The quantitative estimate of drug-likeness (QED) is 0.801. The minimum atomic E-state index is -1.51. The van der Waals surface area contributed by atoms with Crippen LogP contribution < -0.4 is 5.32 Å². The van der Waals surface area contributed by atoms with E-state index in [0.717, 1.165) is 5.56 Å². The summed E-state index contributed by atoms with van der Waals surface area (Å²) in [5.41, 5.74) is 0.101. The number of rotatable bonds is 5. The Morgan fingerprint density at radius 1 is 1.26 bits per heavy atom. The van der Waals surface area contributed by atoms with Gasteiger partial charge in [0.2, 0.25) is 0 Å². The molecule has 0 heterocycles. The Morgan fingerprint density at radius 3 is 2.30 bits per heavy atom. The fourth-order valence-electron chi connectivity index (χ4n) is 1.86. The molecule has 1 aromatic rings. The number of aliphatic hydroxyl groups is 1. The molecule has 1 aromatic carbocycles. The van der Waals surface area contributed by atoms with Gasteiger partial charge in [-0.15, -0.1) is 0 Å². The largest absolute Gasteiger partial charge is 0.467 e. The summed E-state index contributed by atoms with van der Waals surface area (Å²) >= 11 is 5.83. The zero-order valence-electron chi connectivity index (χ0n) is 13.6. The van der Waals surface area contributed by atoms with E-state index in [1.54, 1.807) is 45.0 Å². The van der Waals surface area contributed by atoms with Gasteiger partial charge in [-0.25, -0.2) is 9.59 Å². The second-order valence-corrected chi connectivity index (χ2v) is 6.49. The maximum absolute atomic E-state index is 11.9. The van der Waals surface area contributed by atoms with Gasteiger partial charge in [-0.05, 0) is 44.9 Å². The number of esters is 1. The Balaban J connectivity index is 2.86. The molecule has 0 unspecified atom stereocenters. The van der Waals surface area contributed by atoms with Crippen LogP contribution in [0.3, 0.4) is 0 Å². The molecule has 2 atom stereocenters.